The molecule has 0 spiro atoms. The maximum Gasteiger partial charge on any atom is 0.309 e. The molecule has 5 rings (SSSR count). The number of aromatic nitrogens is 4. The number of Topliss-reactive ketones (excluding diaryl/α,β-unsaturated/α-hetero) is 1. The molecule has 0 radical (unpaired) electrons. The number of benzene rings is 2. The number of carbonyl (C=O) groups is 2. The molecule has 1 unspecified atom stereocenters. The molecule has 0 saturated heterocycles. The van der Waals surface area contributed by atoms with Gasteiger partial charge in [0.05, 0.1) is 34.9 Å². The first-order valence-electron chi connectivity index (χ1n) is 15.5. The van der Waals surface area contributed by atoms with E-state index in [1.807, 2.05) is 56.3 Å². The first-order valence-corrected chi connectivity index (χ1v) is 15.5. The van der Waals surface area contributed by atoms with E-state index in [4.69, 9.17) is 4.74 Å². The van der Waals surface area contributed by atoms with Crippen LogP contribution in [0.1, 0.15) is 73.5 Å². The second-order valence-corrected chi connectivity index (χ2v) is 12.6. The molecule has 1 N–H and O–H groups in total. The lowest BCUT2D eigenvalue weighted by atomic mass is 9.85. The van der Waals surface area contributed by atoms with Gasteiger partial charge in [-0.1, -0.05) is 44.5 Å². The fourth-order valence-electron chi connectivity index (χ4n) is 5.37. The molecular weight excluding hydrogens is 583 g/mol. The Labute approximate surface area is 268 Å². The van der Waals surface area contributed by atoms with Crippen molar-refractivity contribution >= 4 is 22.7 Å². The number of hydrogen-bond acceptors (Lipinski definition) is 6. The van der Waals surface area contributed by atoms with Crippen LogP contribution < -0.4 is 4.74 Å². The number of pyridine rings is 1. The summed E-state index contributed by atoms with van der Waals surface area (Å²) in [7, 11) is 0. The maximum absolute atomic E-state index is 14.1. The van der Waals surface area contributed by atoms with Crippen LogP contribution >= 0.6 is 0 Å². The molecule has 3 aromatic heterocycles. The SMILES string of the molecule is CCC(C)CC(=O)c1c(CC(C)(C)C(=O)O)n(Cc2ccc(-c3ccc(F)cn3)cc2)c2ccc(OCc3cnc(C)cn3)cc12. The summed E-state index contributed by atoms with van der Waals surface area (Å²) in [4.78, 5) is 39.3. The summed E-state index contributed by atoms with van der Waals surface area (Å²) in [6, 6.07) is 16.5. The second-order valence-electron chi connectivity index (χ2n) is 12.6. The van der Waals surface area contributed by atoms with Crippen LogP contribution in [0.25, 0.3) is 22.2 Å². The molecule has 1 atom stereocenters. The van der Waals surface area contributed by atoms with Crippen LogP contribution in [-0.2, 0) is 24.4 Å². The summed E-state index contributed by atoms with van der Waals surface area (Å²) in [5.41, 5.74) is 4.86. The molecule has 3 heterocycles. The van der Waals surface area contributed by atoms with Crippen LogP contribution in [0.2, 0.25) is 0 Å². The van der Waals surface area contributed by atoms with E-state index in [0.29, 0.717) is 41.4 Å². The van der Waals surface area contributed by atoms with Crippen molar-refractivity contribution in [2.75, 3.05) is 0 Å². The van der Waals surface area contributed by atoms with Gasteiger partial charge < -0.3 is 14.4 Å². The first kappa shape index (κ1) is 32.5. The lowest BCUT2D eigenvalue weighted by molar-refractivity contribution is -0.146. The number of carbonyl (C=O) groups excluding carboxylic acids is 1. The van der Waals surface area contributed by atoms with Crippen LogP contribution in [0, 0.1) is 24.1 Å². The van der Waals surface area contributed by atoms with Crippen molar-refractivity contribution in [2.24, 2.45) is 11.3 Å². The fraction of sp³-hybridized carbons (Fsp3) is 0.324. The van der Waals surface area contributed by atoms with Gasteiger partial charge >= 0.3 is 5.97 Å². The number of rotatable bonds is 13. The molecule has 0 aliphatic carbocycles. The quantitative estimate of drug-likeness (QED) is 0.133. The van der Waals surface area contributed by atoms with Crippen LogP contribution in [0.4, 0.5) is 4.39 Å². The van der Waals surface area contributed by atoms with E-state index in [1.165, 1.54) is 12.3 Å². The summed E-state index contributed by atoms with van der Waals surface area (Å²) < 4.78 is 21.6. The van der Waals surface area contributed by atoms with Crippen LogP contribution in [-0.4, -0.2) is 36.4 Å². The monoisotopic (exact) mass is 622 g/mol. The third-order valence-corrected chi connectivity index (χ3v) is 8.38. The van der Waals surface area contributed by atoms with Crippen LogP contribution in [0.3, 0.4) is 0 Å². The predicted molar refractivity (Wildman–Crippen MR) is 175 cm³/mol. The Morgan fingerprint density at radius 3 is 2.39 bits per heavy atom. The highest BCUT2D eigenvalue weighted by Crippen LogP contribution is 2.36. The van der Waals surface area contributed by atoms with E-state index in [9.17, 15) is 19.1 Å². The molecule has 0 aliphatic heterocycles. The lowest BCUT2D eigenvalue weighted by Crippen LogP contribution is -2.28. The molecule has 2 aromatic carbocycles. The highest BCUT2D eigenvalue weighted by atomic mass is 19.1. The second kappa shape index (κ2) is 13.6. The Bertz CT molecular complexity index is 1850. The van der Waals surface area contributed by atoms with Gasteiger partial charge in [0.25, 0.3) is 0 Å². The first-order chi connectivity index (χ1) is 21.9. The number of fused-ring (bicyclic) bond motifs is 1. The zero-order valence-corrected chi connectivity index (χ0v) is 26.9. The number of ether oxygens (including phenoxy) is 1. The van der Waals surface area contributed by atoms with Crippen molar-refractivity contribution < 1.29 is 23.8 Å². The Hall–Kier alpha value is -4.92. The van der Waals surface area contributed by atoms with Crippen LogP contribution in [0.5, 0.6) is 5.75 Å². The average molecular weight is 623 g/mol. The van der Waals surface area contributed by atoms with Gasteiger partial charge in [-0.05, 0) is 62.6 Å². The van der Waals surface area contributed by atoms with Crippen molar-refractivity contribution in [2.45, 2.75) is 67.0 Å². The number of aliphatic carboxylic acids is 1. The number of carboxylic acids is 1. The third kappa shape index (κ3) is 7.30. The fourth-order valence-corrected chi connectivity index (χ4v) is 5.37. The third-order valence-electron chi connectivity index (χ3n) is 8.38. The number of hydrogen-bond donors (Lipinski definition) is 1. The van der Waals surface area contributed by atoms with E-state index >= 15 is 0 Å². The molecule has 9 heteroatoms. The minimum absolute atomic E-state index is 0.0198. The van der Waals surface area contributed by atoms with Crippen molar-refractivity contribution in [3.05, 3.63) is 107 Å². The van der Waals surface area contributed by atoms with Gasteiger partial charge in [0.1, 0.15) is 18.2 Å². The van der Waals surface area contributed by atoms with Gasteiger partial charge in [0, 0.05) is 53.3 Å². The van der Waals surface area contributed by atoms with Gasteiger partial charge in [-0.3, -0.25) is 24.5 Å². The predicted octanol–water partition coefficient (Wildman–Crippen LogP) is 7.84. The Balaban J connectivity index is 1.60. The van der Waals surface area contributed by atoms with E-state index in [2.05, 4.69) is 26.4 Å². The molecule has 8 nitrogen and oxygen atoms in total. The minimum Gasteiger partial charge on any atom is -0.487 e. The van der Waals surface area contributed by atoms with Crippen molar-refractivity contribution in [3.8, 4) is 17.0 Å². The summed E-state index contributed by atoms with van der Waals surface area (Å²) in [5, 5.41) is 10.8. The molecular formula is C37H39FN4O4. The number of carboxylic acid groups (broad SMARTS) is 1. The topological polar surface area (TPSA) is 107 Å². The van der Waals surface area contributed by atoms with Crippen molar-refractivity contribution in [3.63, 3.8) is 0 Å². The lowest BCUT2D eigenvalue weighted by Gasteiger charge is -2.22. The molecule has 0 saturated carbocycles. The number of nitrogens with zero attached hydrogens (tertiary/aromatic N) is 4. The van der Waals surface area contributed by atoms with E-state index in [0.717, 1.165) is 34.1 Å². The highest BCUT2D eigenvalue weighted by molar-refractivity contribution is 6.10. The Morgan fingerprint density at radius 2 is 1.76 bits per heavy atom. The molecule has 0 amide bonds. The van der Waals surface area contributed by atoms with Gasteiger partial charge in [0.15, 0.2) is 5.78 Å². The van der Waals surface area contributed by atoms with Gasteiger partial charge in [0.2, 0.25) is 0 Å². The maximum atomic E-state index is 14.1. The molecule has 46 heavy (non-hydrogen) atoms. The van der Waals surface area contributed by atoms with Crippen molar-refractivity contribution in [1.29, 1.82) is 0 Å². The van der Waals surface area contributed by atoms with Crippen LogP contribution in [0.15, 0.2) is 73.2 Å². The summed E-state index contributed by atoms with van der Waals surface area (Å²) in [6.45, 7) is 9.96. The normalized spacial score (nSPS) is 12.3. The largest absolute Gasteiger partial charge is 0.487 e. The average Bonchev–Trinajstić information content (AvgIpc) is 3.32. The van der Waals surface area contributed by atoms with Gasteiger partial charge in [-0.2, -0.15) is 0 Å². The van der Waals surface area contributed by atoms with E-state index < -0.39 is 17.2 Å². The smallest absolute Gasteiger partial charge is 0.309 e. The van der Waals surface area contributed by atoms with Crippen molar-refractivity contribution in [1.82, 2.24) is 19.5 Å². The number of aryl methyl sites for hydroxylation is 1. The van der Waals surface area contributed by atoms with Gasteiger partial charge in [-0.25, -0.2) is 4.39 Å². The summed E-state index contributed by atoms with van der Waals surface area (Å²) >= 11 is 0. The standard InChI is InChI=1S/C37H39FN4O4/c1-6-23(2)15-34(43)35-30-16-29(46-22-28-20-39-24(3)18-40-28)12-14-32(30)42(33(35)17-37(4,5)36(44)45)21-25-7-9-26(10-8-25)31-13-11-27(38)19-41-31/h7-14,16,18-20,23H,6,15,17,21-22H2,1-5H3,(H,44,45). The zero-order valence-electron chi connectivity index (χ0n) is 26.9. The Kier molecular flexibility index (Phi) is 9.60. The zero-order chi connectivity index (χ0) is 33.0. The summed E-state index contributed by atoms with van der Waals surface area (Å²) in [6.07, 6.45) is 5.91. The minimum atomic E-state index is -1.13. The molecule has 0 bridgehead atoms. The number of halogens is 1. The molecule has 0 aliphatic rings. The van der Waals surface area contributed by atoms with E-state index in [-0.39, 0.29) is 24.7 Å². The molecule has 5 aromatic rings. The van der Waals surface area contributed by atoms with E-state index in [1.54, 1.807) is 32.3 Å². The molecule has 238 valence electrons. The summed E-state index contributed by atoms with van der Waals surface area (Å²) in [5.74, 6) is -0.617. The van der Waals surface area contributed by atoms with Gasteiger partial charge in [-0.15, -0.1) is 0 Å². The number of ketones is 1. The highest BCUT2D eigenvalue weighted by Gasteiger charge is 2.33. The Morgan fingerprint density at radius 1 is 1.00 bits per heavy atom. The molecule has 0 fully saturated rings.